The van der Waals surface area contributed by atoms with E-state index in [9.17, 15) is 4.79 Å². The third kappa shape index (κ3) is 4.00. The van der Waals surface area contributed by atoms with E-state index in [-0.39, 0.29) is 6.54 Å². The van der Waals surface area contributed by atoms with Crippen LogP contribution in [0.4, 0.5) is 0 Å². The summed E-state index contributed by atoms with van der Waals surface area (Å²) in [6.07, 6.45) is 4.05. The molecule has 0 saturated carbocycles. The second-order valence-corrected chi connectivity index (χ2v) is 8.24. The lowest BCUT2D eigenvalue weighted by Crippen LogP contribution is -2.44. The van der Waals surface area contributed by atoms with E-state index in [1.165, 1.54) is 36.0 Å². The molecule has 2 aliphatic heterocycles. The lowest BCUT2D eigenvalue weighted by molar-refractivity contribution is -0.137. The summed E-state index contributed by atoms with van der Waals surface area (Å²) in [7, 11) is 0. The van der Waals surface area contributed by atoms with Crippen LogP contribution in [0.25, 0.3) is 0 Å². The number of piperidine rings is 1. The summed E-state index contributed by atoms with van der Waals surface area (Å²) in [6, 6.07) is 2.66. The minimum atomic E-state index is -0.825. The Balaban J connectivity index is 1.67. The van der Waals surface area contributed by atoms with Gasteiger partial charge in [-0.25, -0.2) is 0 Å². The molecule has 7 heteroatoms. The number of aromatic nitrogens is 2. The molecule has 1 N–H and O–H groups in total. The van der Waals surface area contributed by atoms with Crippen molar-refractivity contribution in [2.45, 2.75) is 31.3 Å². The second kappa shape index (κ2) is 7.75. The van der Waals surface area contributed by atoms with Crippen molar-refractivity contribution in [2.24, 2.45) is 0 Å². The predicted octanol–water partition coefficient (Wildman–Crippen LogP) is 2.00. The molecule has 0 radical (unpaired) electrons. The van der Waals surface area contributed by atoms with Gasteiger partial charge >= 0.3 is 5.97 Å². The van der Waals surface area contributed by atoms with Gasteiger partial charge in [-0.15, -0.1) is 0 Å². The summed E-state index contributed by atoms with van der Waals surface area (Å²) in [5.74, 6) is 4.58. The van der Waals surface area contributed by atoms with Crippen molar-refractivity contribution >= 4 is 29.5 Å². The van der Waals surface area contributed by atoms with Crippen molar-refractivity contribution in [3.8, 4) is 0 Å². The number of nitrogens with zero attached hydrogens (tertiary/aromatic N) is 3. The fourth-order valence-corrected chi connectivity index (χ4v) is 5.97. The first-order chi connectivity index (χ1) is 10.7. The number of likely N-dealkylation sites (tertiary alicyclic amines) is 1. The second-order valence-electron chi connectivity index (χ2n) is 5.95. The molecule has 0 unspecified atom stereocenters. The summed E-state index contributed by atoms with van der Waals surface area (Å²) in [4.78, 5) is 13.6. The van der Waals surface area contributed by atoms with Crippen LogP contribution in [-0.2, 0) is 11.3 Å². The van der Waals surface area contributed by atoms with Crippen molar-refractivity contribution in [2.75, 3.05) is 36.1 Å². The molecular weight excluding hydrogens is 318 g/mol. The van der Waals surface area contributed by atoms with Gasteiger partial charge in [0.25, 0.3) is 0 Å². The van der Waals surface area contributed by atoms with Crippen LogP contribution in [0, 0.1) is 0 Å². The smallest absolute Gasteiger partial charge is 0.325 e. The minimum Gasteiger partial charge on any atom is -0.480 e. The number of hydrogen-bond donors (Lipinski definition) is 1. The Morgan fingerprint density at radius 2 is 2.14 bits per heavy atom. The SMILES string of the molecule is O=C(O)Cn1nccc1[C@@H]1CCCN(C2CSCCSC2)C1. The average Bonchev–Trinajstić information content (AvgIpc) is 2.80. The average molecular weight is 342 g/mol. The van der Waals surface area contributed by atoms with E-state index >= 15 is 0 Å². The molecule has 2 fully saturated rings. The highest BCUT2D eigenvalue weighted by molar-refractivity contribution is 8.03. The Labute approximate surface area is 139 Å². The Morgan fingerprint density at radius 3 is 2.86 bits per heavy atom. The van der Waals surface area contributed by atoms with E-state index in [4.69, 9.17) is 5.11 Å². The maximum atomic E-state index is 11.0. The van der Waals surface area contributed by atoms with Crippen molar-refractivity contribution in [3.63, 3.8) is 0 Å². The molecular formula is C15H23N3O2S2. The standard InChI is InChI=1S/C15H23N3O2S2/c19-15(20)9-18-14(3-4-16-18)12-2-1-5-17(8-12)13-10-21-6-7-22-11-13/h3-4,12-13H,1-2,5-11H2,(H,19,20)/t12-/m1/s1. The maximum Gasteiger partial charge on any atom is 0.325 e. The van der Waals surface area contributed by atoms with Crippen LogP contribution < -0.4 is 0 Å². The molecule has 2 aliphatic rings. The maximum absolute atomic E-state index is 11.0. The van der Waals surface area contributed by atoms with Gasteiger partial charge in [-0.05, 0) is 25.5 Å². The van der Waals surface area contributed by atoms with E-state index in [1.807, 2.05) is 6.07 Å². The molecule has 1 aromatic heterocycles. The largest absolute Gasteiger partial charge is 0.480 e. The third-order valence-corrected chi connectivity index (χ3v) is 6.90. The van der Waals surface area contributed by atoms with E-state index in [2.05, 4.69) is 33.5 Å². The van der Waals surface area contributed by atoms with Crippen molar-refractivity contribution in [1.82, 2.24) is 14.7 Å². The molecule has 5 nitrogen and oxygen atoms in total. The highest BCUT2D eigenvalue weighted by Crippen LogP contribution is 2.30. The van der Waals surface area contributed by atoms with Gasteiger partial charge in [0, 0.05) is 53.4 Å². The molecule has 0 aliphatic carbocycles. The van der Waals surface area contributed by atoms with E-state index in [0.717, 1.165) is 18.7 Å². The quantitative estimate of drug-likeness (QED) is 0.904. The van der Waals surface area contributed by atoms with Gasteiger partial charge in [-0.2, -0.15) is 28.6 Å². The number of rotatable bonds is 4. The molecule has 3 heterocycles. The molecule has 0 spiro atoms. The number of carbonyl (C=O) groups is 1. The molecule has 1 aromatic rings. The molecule has 0 bridgehead atoms. The molecule has 122 valence electrons. The van der Waals surface area contributed by atoms with Crippen LogP contribution in [0.15, 0.2) is 12.3 Å². The Hall–Kier alpha value is -0.660. The topological polar surface area (TPSA) is 58.4 Å². The van der Waals surface area contributed by atoms with E-state index < -0.39 is 5.97 Å². The summed E-state index contributed by atoms with van der Waals surface area (Å²) in [5.41, 5.74) is 1.08. The van der Waals surface area contributed by atoms with Gasteiger partial charge in [0.05, 0.1) is 0 Å². The molecule has 1 atom stereocenters. The Morgan fingerprint density at radius 1 is 1.36 bits per heavy atom. The molecule has 22 heavy (non-hydrogen) atoms. The highest BCUT2D eigenvalue weighted by Gasteiger charge is 2.29. The fraction of sp³-hybridized carbons (Fsp3) is 0.733. The number of hydrogen-bond acceptors (Lipinski definition) is 5. The first kappa shape index (κ1) is 16.2. The van der Waals surface area contributed by atoms with Crippen LogP contribution >= 0.6 is 23.5 Å². The van der Waals surface area contributed by atoms with Crippen molar-refractivity contribution in [3.05, 3.63) is 18.0 Å². The van der Waals surface area contributed by atoms with Crippen LogP contribution in [0.3, 0.4) is 0 Å². The molecule has 2 saturated heterocycles. The zero-order valence-electron chi connectivity index (χ0n) is 12.7. The zero-order chi connectivity index (χ0) is 15.4. The lowest BCUT2D eigenvalue weighted by atomic mass is 9.94. The Bertz CT molecular complexity index is 501. The molecule has 3 rings (SSSR count). The van der Waals surface area contributed by atoms with Crippen molar-refractivity contribution in [1.29, 1.82) is 0 Å². The molecule has 0 aromatic carbocycles. The van der Waals surface area contributed by atoms with Crippen LogP contribution in [-0.4, -0.2) is 67.9 Å². The van der Waals surface area contributed by atoms with Gasteiger partial charge in [0.1, 0.15) is 6.54 Å². The summed E-state index contributed by atoms with van der Waals surface area (Å²) < 4.78 is 1.66. The zero-order valence-corrected chi connectivity index (χ0v) is 14.3. The van der Waals surface area contributed by atoms with Gasteiger partial charge in [0.2, 0.25) is 0 Å². The highest BCUT2D eigenvalue weighted by atomic mass is 32.2. The number of aliphatic carboxylic acids is 1. The summed E-state index contributed by atoms with van der Waals surface area (Å²) in [5, 5.41) is 13.2. The summed E-state index contributed by atoms with van der Waals surface area (Å²) >= 11 is 4.14. The number of thioether (sulfide) groups is 2. The normalized spacial score (nSPS) is 25.0. The monoisotopic (exact) mass is 341 g/mol. The first-order valence-electron chi connectivity index (χ1n) is 7.87. The van der Waals surface area contributed by atoms with Gasteiger partial charge in [-0.3, -0.25) is 14.4 Å². The number of carboxylic acids is 1. The van der Waals surface area contributed by atoms with Gasteiger partial charge in [0.15, 0.2) is 0 Å². The van der Waals surface area contributed by atoms with Crippen LogP contribution in [0.2, 0.25) is 0 Å². The lowest BCUT2D eigenvalue weighted by Gasteiger charge is -2.37. The summed E-state index contributed by atoms with van der Waals surface area (Å²) in [6.45, 7) is 2.18. The third-order valence-electron chi connectivity index (χ3n) is 4.41. The predicted molar refractivity (Wildman–Crippen MR) is 91.8 cm³/mol. The van der Waals surface area contributed by atoms with E-state index in [1.54, 1.807) is 10.9 Å². The van der Waals surface area contributed by atoms with Crippen LogP contribution in [0.5, 0.6) is 0 Å². The van der Waals surface area contributed by atoms with Gasteiger partial charge < -0.3 is 5.11 Å². The van der Waals surface area contributed by atoms with Crippen molar-refractivity contribution < 1.29 is 9.90 Å². The van der Waals surface area contributed by atoms with Gasteiger partial charge in [-0.1, -0.05) is 0 Å². The first-order valence-corrected chi connectivity index (χ1v) is 10.2. The Kier molecular flexibility index (Phi) is 5.71. The molecule has 0 amide bonds. The van der Waals surface area contributed by atoms with E-state index in [0.29, 0.717) is 12.0 Å². The fourth-order valence-electron chi connectivity index (χ4n) is 3.34. The van der Waals surface area contributed by atoms with Crippen LogP contribution in [0.1, 0.15) is 24.5 Å². The minimum absolute atomic E-state index is 0.0338. The number of carboxylic acid groups (broad SMARTS) is 1.